The lowest BCUT2D eigenvalue weighted by Crippen LogP contribution is -2.30. The van der Waals surface area contributed by atoms with Gasteiger partial charge < -0.3 is 33.8 Å². The van der Waals surface area contributed by atoms with E-state index in [1.807, 2.05) is 0 Å². The van der Waals surface area contributed by atoms with E-state index in [1.54, 1.807) is 0 Å². The molecule has 0 aliphatic heterocycles. The largest absolute Gasteiger partial charge is 0.472 e. The second kappa shape index (κ2) is 68.5. The maximum Gasteiger partial charge on any atom is 0.472 e. The zero-order chi connectivity index (χ0) is 71.6. The summed E-state index contributed by atoms with van der Waals surface area (Å²) in [6, 6.07) is 0. The molecule has 17 nitrogen and oxygen atoms in total. The van der Waals surface area contributed by atoms with Crippen molar-refractivity contribution in [2.45, 2.75) is 420 Å². The fourth-order valence-corrected chi connectivity index (χ4v) is 13.5. The minimum Gasteiger partial charge on any atom is -0.462 e. The van der Waals surface area contributed by atoms with Crippen LogP contribution in [0.1, 0.15) is 402 Å². The first-order valence-corrected chi connectivity index (χ1v) is 43.4. The Morgan fingerprint density at radius 1 is 0.299 bits per heavy atom. The summed E-state index contributed by atoms with van der Waals surface area (Å²) in [6.07, 6.45) is 55.4. The Hall–Kier alpha value is -1.94. The highest BCUT2D eigenvalue weighted by Gasteiger charge is 2.30. The van der Waals surface area contributed by atoms with Crippen molar-refractivity contribution in [3.8, 4) is 0 Å². The highest BCUT2D eigenvalue weighted by Crippen LogP contribution is 2.45. The molecular formula is C78H152O17P2. The van der Waals surface area contributed by atoms with Crippen LogP contribution in [0, 0.1) is 17.8 Å². The Bertz CT molecular complexity index is 1890. The molecule has 0 aliphatic carbocycles. The van der Waals surface area contributed by atoms with E-state index in [2.05, 4.69) is 48.5 Å². The van der Waals surface area contributed by atoms with Gasteiger partial charge in [0, 0.05) is 25.7 Å². The zero-order valence-electron chi connectivity index (χ0n) is 63.5. The highest BCUT2D eigenvalue weighted by molar-refractivity contribution is 7.47. The number of hydrogen-bond donors (Lipinski definition) is 3. The van der Waals surface area contributed by atoms with Crippen LogP contribution < -0.4 is 0 Å². The van der Waals surface area contributed by atoms with Gasteiger partial charge in [-0.3, -0.25) is 37.3 Å². The Balaban J connectivity index is 5.25. The second-order valence-corrected chi connectivity index (χ2v) is 32.0. The van der Waals surface area contributed by atoms with Gasteiger partial charge in [-0.1, -0.05) is 350 Å². The molecule has 0 heterocycles. The molecule has 0 amide bonds. The zero-order valence-corrected chi connectivity index (χ0v) is 65.3. The third-order valence-electron chi connectivity index (χ3n) is 18.9. The van der Waals surface area contributed by atoms with E-state index in [1.165, 1.54) is 212 Å². The van der Waals surface area contributed by atoms with E-state index in [0.29, 0.717) is 25.7 Å². The number of phosphoric ester groups is 2. The molecule has 0 aromatic carbocycles. The van der Waals surface area contributed by atoms with Crippen molar-refractivity contribution < 1.29 is 80.2 Å². The first kappa shape index (κ1) is 95.1. The molecule has 97 heavy (non-hydrogen) atoms. The summed E-state index contributed by atoms with van der Waals surface area (Å²) >= 11 is 0. The molecule has 0 bridgehead atoms. The number of hydrogen-bond acceptors (Lipinski definition) is 15. The molecule has 0 aromatic heterocycles. The first-order valence-electron chi connectivity index (χ1n) is 40.4. The number of ether oxygens (including phenoxy) is 4. The average Bonchev–Trinajstić information content (AvgIpc) is 1.15. The molecule has 3 N–H and O–H groups in total. The Kier molecular flexibility index (Phi) is 67.1. The predicted molar refractivity (Wildman–Crippen MR) is 395 cm³/mol. The van der Waals surface area contributed by atoms with Crippen molar-refractivity contribution >= 4 is 39.5 Å². The number of phosphoric acid groups is 2. The number of aliphatic hydroxyl groups excluding tert-OH is 1. The predicted octanol–water partition coefficient (Wildman–Crippen LogP) is 23.0. The van der Waals surface area contributed by atoms with Crippen molar-refractivity contribution in [3.05, 3.63) is 0 Å². The van der Waals surface area contributed by atoms with Gasteiger partial charge >= 0.3 is 39.5 Å². The van der Waals surface area contributed by atoms with Crippen LogP contribution >= 0.6 is 15.6 Å². The smallest absolute Gasteiger partial charge is 0.462 e. The molecular weight excluding hydrogens is 1270 g/mol. The van der Waals surface area contributed by atoms with Gasteiger partial charge in [0.15, 0.2) is 12.2 Å². The van der Waals surface area contributed by atoms with E-state index in [9.17, 15) is 43.2 Å². The van der Waals surface area contributed by atoms with Gasteiger partial charge in [-0.2, -0.15) is 0 Å². The SMILES string of the molecule is CCCCCCCCCCCCCCCCCCCCCC(=O)O[C@H](COC(=O)CCCCCCCCCCCCCC(C)C)COP(=O)(O)OC[C@@H](O)COP(=O)(O)OC[C@@H](COC(=O)CCCCCCCCCCC(C)CC)OC(=O)CCCCCCCCCCC(C)CC. The second-order valence-electron chi connectivity index (χ2n) is 29.1. The molecule has 0 rings (SSSR count). The molecule has 0 fully saturated rings. The quantitative estimate of drug-likeness (QED) is 0.0222. The molecule has 0 aromatic rings. The Morgan fingerprint density at radius 3 is 0.784 bits per heavy atom. The van der Waals surface area contributed by atoms with Gasteiger partial charge in [0.1, 0.15) is 19.3 Å². The van der Waals surface area contributed by atoms with Crippen molar-refractivity contribution in [1.82, 2.24) is 0 Å². The van der Waals surface area contributed by atoms with Crippen LogP contribution in [-0.2, 0) is 65.4 Å². The molecule has 0 saturated heterocycles. The average molecular weight is 1420 g/mol. The normalized spacial score (nSPS) is 14.6. The van der Waals surface area contributed by atoms with Crippen LogP contribution in [-0.4, -0.2) is 96.7 Å². The third kappa shape index (κ3) is 69.5. The maximum absolute atomic E-state index is 13.1. The van der Waals surface area contributed by atoms with E-state index in [4.69, 9.17) is 37.0 Å². The van der Waals surface area contributed by atoms with Crippen molar-refractivity contribution in [2.24, 2.45) is 17.8 Å². The number of aliphatic hydroxyl groups is 1. The molecule has 0 aliphatic rings. The number of unbranched alkanes of at least 4 members (excludes halogenated alkanes) is 42. The fraction of sp³-hybridized carbons (Fsp3) is 0.949. The lowest BCUT2D eigenvalue weighted by atomic mass is 9.99. The van der Waals surface area contributed by atoms with Gasteiger partial charge in [-0.05, 0) is 43.4 Å². The van der Waals surface area contributed by atoms with Gasteiger partial charge in [-0.25, -0.2) is 9.13 Å². The van der Waals surface area contributed by atoms with Crippen LogP contribution in [0.25, 0.3) is 0 Å². The molecule has 0 radical (unpaired) electrons. The topological polar surface area (TPSA) is 237 Å². The molecule has 7 atom stereocenters. The summed E-state index contributed by atoms with van der Waals surface area (Å²) < 4.78 is 68.6. The Labute approximate surface area is 594 Å². The van der Waals surface area contributed by atoms with Gasteiger partial charge in [-0.15, -0.1) is 0 Å². The minimum atomic E-state index is -4.96. The van der Waals surface area contributed by atoms with Crippen LogP contribution in [0.5, 0.6) is 0 Å². The minimum absolute atomic E-state index is 0.104. The molecule has 0 spiro atoms. The number of carbonyl (C=O) groups is 4. The lowest BCUT2D eigenvalue weighted by molar-refractivity contribution is -0.161. The molecule has 576 valence electrons. The number of carbonyl (C=O) groups excluding carboxylic acids is 4. The number of rotatable bonds is 76. The van der Waals surface area contributed by atoms with Crippen LogP contribution in [0.2, 0.25) is 0 Å². The lowest BCUT2D eigenvalue weighted by Gasteiger charge is -2.21. The van der Waals surface area contributed by atoms with Gasteiger partial charge in [0.2, 0.25) is 0 Å². The standard InChI is InChI=1S/C78H152O17P2/c1-8-11-12-13-14-15-16-17-18-19-20-21-22-23-26-30-40-47-54-61-77(82)94-73(65-88-75(80)59-52-45-38-29-27-24-25-28-35-42-49-56-69(4)5)67-92-96(84,85)90-63-72(79)64-91-97(86,87)93-68-74(95-78(83)62-55-48-41-34-32-37-44-51-58-71(7)10-3)66-89-76(81)60-53-46-39-33-31-36-43-50-57-70(6)9-2/h69-74,79H,8-68H2,1-7H3,(H,84,85)(H,86,87)/t70?,71?,72-,73-,74-/m1/s1. The number of esters is 4. The highest BCUT2D eigenvalue weighted by atomic mass is 31.2. The third-order valence-corrected chi connectivity index (χ3v) is 20.8. The van der Waals surface area contributed by atoms with E-state index in [-0.39, 0.29) is 25.7 Å². The van der Waals surface area contributed by atoms with E-state index < -0.39 is 97.5 Å². The summed E-state index contributed by atoms with van der Waals surface area (Å²) in [6.45, 7) is 11.9. The monoisotopic (exact) mass is 1420 g/mol. The molecule has 19 heteroatoms. The Morgan fingerprint density at radius 2 is 0.526 bits per heavy atom. The summed E-state index contributed by atoms with van der Waals surface area (Å²) in [5.41, 5.74) is 0. The summed E-state index contributed by atoms with van der Waals surface area (Å²) in [5.74, 6) is 0.201. The van der Waals surface area contributed by atoms with Gasteiger partial charge in [0.25, 0.3) is 0 Å². The van der Waals surface area contributed by atoms with E-state index in [0.717, 1.165) is 108 Å². The van der Waals surface area contributed by atoms with Crippen molar-refractivity contribution in [1.29, 1.82) is 0 Å². The molecule has 4 unspecified atom stereocenters. The fourth-order valence-electron chi connectivity index (χ4n) is 11.9. The molecule has 0 saturated carbocycles. The first-order chi connectivity index (χ1) is 46.8. The van der Waals surface area contributed by atoms with Crippen molar-refractivity contribution in [3.63, 3.8) is 0 Å². The van der Waals surface area contributed by atoms with Gasteiger partial charge in [0.05, 0.1) is 26.4 Å². The van der Waals surface area contributed by atoms with Crippen LogP contribution in [0.3, 0.4) is 0 Å². The summed E-state index contributed by atoms with van der Waals surface area (Å²) in [5, 5.41) is 10.6. The van der Waals surface area contributed by atoms with Crippen LogP contribution in [0.15, 0.2) is 0 Å². The van der Waals surface area contributed by atoms with Crippen molar-refractivity contribution in [2.75, 3.05) is 39.6 Å². The summed E-state index contributed by atoms with van der Waals surface area (Å²) in [4.78, 5) is 72.9. The van der Waals surface area contributed by atoms with E-state index >= 15 is 0 Å². The summed E-state index contributed by atoms with van der Waals surface area (Å²) in [7, 11) is -9.92. The van der Waals surface area contributed by atoms with Crippen LogP contribution in [0.4, 0.5) is 0 Å². The maximum atomic E-state index is 13.1.